The summed E-state index contributed by atoms with van der Waals surface area (Å²) in [5.74, 6) is 1.23. The molecule has 2 N–H and O–H groups in total. The predicted molar refractivity (Wildman–Crippen MR) is 173 cm³/mol. The number of carbonyl (C=O) groups is 1. The van der Waals surface area contributed by atoms with Gasteiger partial charge in [-0.15, -0.1) is 11.3 Å². The molecule has 1 amide bonds. The normalized spacial score (nSPS) is 21.8. The van der Waals surface area contributed by atoms with Crippen LogP contribution in [-0.4, -0.2) is 75.4 Å². The molecule has 3 aliphatic rings. The molecule has 0 radical (unpaired) electrons. The van der Waals surface area contributed by atoms with Gasteiger partial charge in [-0.25, -0.2) is 0 Å². The lowest BCUT2D eigenvalue weighted by Gasteiger charge is -2.47. The van der Waals surface area contributed by atoms with Crippen LogP contribution in [0, 0.1) is 33.6 Å². The van der Waals surface area contributed by atoms with Crippen LogP contribution in [0.25, 0.3) is 0 Å². The number of likely N-dealkylation sites (tertiary alicyclic amines) is 1. The third-order valence-corrected chi connectivity index (χ3v) is 11.1. The minimum absolute atomic E-state index is 0.0803. The molecule has 10 nitrogen and oxygen atoms in total. The number of H-pyrrole nitrogens is 1. The van der Waals surface area contributed by atoms with Crippen molar-refractivity contribution in [2.45, 2.75) is 91.3 Å². The fourth-order valence-corrected chi connectivity index (χ4v) is 8.60. The Morgan fingerprint density at radius 1 is 1.09 bits per heavy atom. The summed E-state index contributed by atoms with van der Waals surface area (Å²) in [6.45, 7) is 13.7. The molecular weight excluding hydrogens is 599 g/mol. The molecule has 0 bridgehead atoms. The molecule has 1 saturated heterocycles. The number of hydrogen-bond acceptors (Lipinski definition) is 7. The van der Waals surface area contributed by atoms with E-state index in [-0.39, 0.29) is 11.5 Å². The summed E-state index contributed by atoms with van der Waals surface area (Å²) in [7, 11) is -3.67. The molecule has 6 rings (SSSR count). The molecule has 2 aliphatic heterocycles. The summed E-state index contributed by atoms with van der Waals surface area (Å²) in [6.07, 6.45) is 8.75. The van der Waals surface area contributed by atoms with E-state index in [2.05, 4.69) is 52.7 Å². The molecule has 1 aliphatic carbocycles. The van der Waals surface area contributed by atoms with Gasteiger partial charge in [0.15, 0.2) is 0 Å². The number of nitrogens with zero attached hydrogens (tertiary/aromatic N) is 4. The van der Waals surface area contributed by atoms with Gasteiger partial charge in [-0.1, -0.05) is 6.92 Å². The highest BCUT2D eigenvalue weighted by atomic mass is 32.2. The van der Waals surface area contributed by atoms with Gasteiger partial charge in [0.2, 0.25) is 0 Å². The molecule has 12 heteroatoms. The van der Waals surface area contributed by atoms with Crippen molar-refractivity contribution in [1.29, 1.82) is 0 Å². The van der Waals surface area contributed by atoms with Crippen LogP contribution < -0.4 is 5.56 Å². The summed E-state index contributed by atoms with van der Waals surface area (Å²) < 4.78 is 28.0. The Balaban J connectivity index is 0.000000712. The zero-order chi connectivity index (χ0) is 31.9. The van der Waals surface area contributed by atoms with Crippen LogP contribution in [0.4, 0.5) is 0 Å². The van der Waals surface area contributed by atoms with Gasteiger partial charge in [-0.2, -0.15) is 13.5 Å². The van der Waals surface area contributed by atoms with Crippen molar-refractivity contribution in [3.05, 3.63) is 72.1 Å². The van der Waals surface area contributed by atoms with E-state index in [0.29, 0.717) is 48.8 Å². The van der Waals surface area contributed by atoms with Crippen molar-refractivity contribution in [2.24, 2.45) is 5.92 Å². The van der Waals surface area contributed by atoms with E-state index >= 15 is 0 Å². The summed E-state index contributed by atoms with van der Waals surface area (Å²) >= 11 is 1.87. The first-order valence-corrected chi connectivity index (χ1v) is 18.1. The standard InChI is InChI=1S/C31H41N5O2S.CH4O3S/c1-18-14-20(3)32-30(37)26(18)17-34-12-11-27-28(31(34)38)22(5)29(39-27)21(4)23-6-8-24(9-7-23)35-15-25(16-35)36-13-10-19(2)33-36;1-5(2,3)4/h10,13-14,21,23-25H,6-9,11-12,15-17H2,1-5H3,(H,32,37);1H3,(H,2,3,4)/t21-,23?,24?;/m1./s1. The number of aromatic amines is 1. The van der Waals surface area contributed by atoms with E-state index in [9.17, 15) is 18.0 Å². The molecule has 240 valence electrons. The Hall–Kier alpha value is -2.80. The molecule has 3 aromatic heterocycles. The van der Waals surface area contributed by atoms with Crippen LogP contribution in [0.2, 0.25) is 0 Å². The maximum absolute atomic E-state index is 13.6. The zero-order valence-electron chi connectivity index (χ0n) is 26.6. The number of carbonyl (C=O) groups excluding carboxylic acids is 1. The first-order valence-electron chi connectivity index (χ1n) is 15.5. The Morgan fingerprint density at radius 3 is 2.34 bits per heavy atom. The minimum atomic E-state index is -3.67. The Labute approximate surface area is 264 Å². The lowest BCUT2D eigenvalue weighted by atomic mass is 9.76. The van der Waals surface area contributed by atoms with E-state index in [0.717, 1.165) is 42.0 Å². The van der Waals surface area contributed by atoms with Crippen LogP contribution in [-0.2, 0) is 23.1 Å². The lowest BCUT2D eigenvalue weighted by molar-refractivity contribution is 0.0269. The quantitative estimate of drug-likeness (QED) is 0.370. The van der Waals surface area contributed by atoms with Crippen molar-refractivity contribution in [1.82, 2.24) is 24.6 Å². The number of nitrogens with one attached hydrogen (secondary N) is 1. The second-order valence-electron chi connectivity index (χ2n) is 12.9. The molecule has 1 saturated carbocycles. The van der Waals surface area contributed by atoms with Crippen molar-refractivity contribution in [3.63, 3.8) is 0 Å². The second kappa shape index (κ2) is 12.9. The summed E-state index contributed by atoms with van der Waals surface area (Å²) in [6, 6.07) is 5.31. The summed E-state index contributed by atoms with van der Waals surface area (Å²) in [4.78, 5) is 36.3. The van der Waals surface area contributed by atoms with E-state index < -0.39 is 10.1 Å². The van der Waals surface area contributed by atoms with Gasteiger partial charge in [0.1, 0.15) is 0 Å². The van der Waals surface area contributed by atoms with Crippen LogP contribution in [0.15, 0.2) is 23.1 Å². The molecule has 0 aromatic carbocycles. The number of aromatic nitrogens is 3. The van der Waals surface area contributed by atoms with Gasteiger partial charge in [-0.05, 0) is 88.5 Å². The first kappa shape index (κ1) is 32.6. The number of fused-ring (bicyclic) bond motifs is 1. The van der Waals surface area contributed by atoms with E-state index in [1.165, 1.54) is 41.0 Å². The highest BCUT2D eigenvalue weighted by molar-refractivity contribution is 7.85. The van der Waals surface area contributed by atoms with Gasteiger partial charge < -0.3 is 9.88 Å². The maximum Gasteiger partial charge on any atom is 0.261 e. The topological polar surface area (TPSA) is 129 Å². The van der Waals surface area contributed by atoms with Gasteiger partial charge in [0, 0.05) is 59.3 Å². The van der Waals surface area contributed by atoms with Gasteiger partial charge in [0.05, 0.1) is 30.1 Å². The van der Waals surface area contributed by atoms with Gasteiger partial charge in [-0.3, -0.25) is 23.7 Å². The molecule has 3 aromatic rings. The number of pyridine rings is 1. The van der Waals surface area contributed by atoms with Crippen LogP contribution in [0.3, 0.4) is 0 Å². The molecule has 0 spiro atoms. The molecule has 0 unspecified atom stereocenters. The molecule has 5 heterocycles. The molecule has 2 fully saturated rings. The Bertz CT molecular complexity index is 1670. The monoisotopic (exact) mass is 643 g/mol. The lowest BCUT2D eigenvalue weighted by Crippen LogP contribution is -2.53. The number of aryl methyl sites for hydroxylation is 3. The fraction of sp³-hybridized carbons (Fsp3) is 0.594. The third kappa shape index (κ3) is 7.19. The van der Waals surface area contributed by atoms with E-state index in [4.69, 9.17) is 4.55 Å². The maximum atomic E-state index is 13.6. The minimum Gasteiger partial charge on any atom is -0.334 e. The van der Waals surface area contributed by atoms with Crippen molar-refractivity contribution >= 4 is 27.4 Å². The molecule has 1 atom stereocenters. The van der Waals surface area contributed by atoms with Crippen LogP contribution in [0.1, 0.15) is 92.8 Å². The summed E-state index contributed by atoms with van der Waals surface area (Å²) in [5, 5.41) is 4.61. The average Bonchev–Trinajstić information content (AvgIpc) is 3.48. The van der Waals surface area contributed by atoms with Gasteiger partial charge in [0.25, 0.3) is 21.6 Å². The largest absolute Gasteiger partial charge is 0.334 e. The number of rotatable bonds is 6. The average molecular weight is 644 g/mol. The van der Waals surface area contributed by atoms with Crippen molar-refractivity contribution in [2.75, 3.05) is 25.9 Å². The fourth-order valence-electron chi connectivity index (χ4n) is 7.17. The smallest absolute Gasteiger partial charge is 0.261 e. The highest BCUT2D eigenvalue weighted by Gasteiger charge is 2.38. The van der Waals surface area contributed by atoms with E-state index in [1.807, 2.05) is 36.2 Å². The number of hydrogen-bond donors (Lipinski definition) is 2. The van der Waals surface area contributed by atoms with E-state index in [1.54, 1.807) is 0 Å². The Morgan fingerprint density at radius 2 is 1.75 bits per heavy atom. The number of amides is 1. The van der Waals surface area contributed by atoms with Gasteiger partial charge >= 0.3 is 0 Å². The first-order chi connectivity index (χ1) is 20.7. The zero-order valence-corrected chi connectivity index (χ0v) is 28.2. The Kier molecular flexibility index (Phi) is 9.55. The predicted octanol–water partition coefficient (Wildman–Crippen LogP) is 4.79. The molecular formula is C32H45N5O5S2. The number of thiophene rings is 1. The SMILES string of the molecule is CS(=O)(=O)O.Cc1ccn(C2CN(C3CCC([C@@H](C)c4sc5c(c4C)C(=O)N(Cc4c(C)cc(C)[nH]c4=O)CC5)CC3)C2)n1. The van der Waals surface area contributed by atoms with Crippen LogP contribution >= 0.6 is 11.3 Å². The highest BCUT2D eigenvalue weighted by Crippen LogP contribution is 2.44. The third-order valence-electron chi connectivity index (χ3n) is 9.59. The van der Waals surface area contributed by atoms with Crippen LogP contribution in [0.5, 0.6) is 0 Å². The molecule has 44 heavy (non-hydrogen) atoms. The van der Waals surface area contributed by atoms with Crippen molar-refractivity contribution < 1.29 is 17.8 Å². The second-order valence-corrected chi connectivity index (χ2v) is 15.5. The summed E-state index contributed by atoms with van der Waals surface area (Å²) in [5.41, 5.74) is 5.60. The van der Waals surface area contributed by atoms with Crippen molar-refractivity contribution in [3.8, 4) is 0 Å².